The minimum absolute atomic E-state index is 0.00666. The van der Waals surface area contributed by atoms with Crippen molar-refractivity contribution in [3.8, 4) is 23.0 Å². The number of Topliss-reactive ketones (excluding diaryl/α,β-unsaturated/α-hetero) is 1. The van der Waals surface area contributed by atoms with Gasteiger partial charge >= 0.3 is 5.97 Å². The van der Waals surface area contributed by atoms with Crippen LogP contribution in [0.5, 0.6) is 23.0 Å². The number of methoxy groups -OCH3 is 2. The van der Waals surface area contributed by atoms with Crippen LogP contribution < -0.4 is 18.9 Å². The van der Waals surface area contributed by atoms with E-state index in [2.05, 4.69) is 0 Å². The first-order chi connectivity index (χ1) is 15.4. The molecule has 1 aliphatic heterocycles. The van der Waals surface area contributed by atoms with E-state index in [1.54, 1.807) is 12.1 Å². The molecule has 7 heteroatoms. The van der Waals surface area contributed by atoms with E-state index < -0.39 is 17.4 Å². The Labute approximate surface area is 184 Å². The summed E-state index contributed by atoms with van der Waals surface area (Å²) in [6.45, 7) is 1.24. The molecule has 1 atom stereocenters. The van der Waals surface area contributed by atoms with Crippen molar-refractivity contribution in [3.63, 3.8) is 0 Å². The highest BCUT2D eigenvalue weighted by molar-refractivity contribution is 6.05. The van der Waals surface area contributed by atoms with E-state index in [0.29, 0.717) is 5.56 Å². The van der Waals surface area contributed by atoms with Gasteiger partial charge in [-0.05, 0) is 12.1 Å². The predicted molar refractivity (Wildman–Crippen MR) is 114 cm³/mol. The topological polar surface area (TPSA) is 71.1 Å². The maximum atomic E-state index is 13.7. The van der Waals surface area contributed by atoms with Crippen molar-refractivity contribution < 1.29 is 32.9 Å². The van der Waals surface area contributed by atoms with E-state index in [9.17, 15) is 14.0 Å². The second-order valence-electron chi connectivity index (χ2n) is 7.31. The molecule has 0 aromatic heterocycles. The molecule has 6 nitrogen and oxygen atoms in total. The largest absolute Gasteiger partial charge is 0.493 e. The zero-order valence-electron chi connectivity index (χ0n) is 17.8. The Morgan fingerprint density at radius 1 is 0.969 bits per heavy atom. The molecule has 0 N–H and O–H groups in total. The first kappa shape index (κ1) is 21.4. The first-order valence-corrected chi connectivity index (χ1v) is 9.90. The molecular formula is C25H21FO6. The van der Waals surface area contributed by atoms with Gasteiger partial charge in [0.2, 0.25) is 5.75 Å². The van der Waals surface area contributed by atoms with Crippen LogP contribution in [0.1, 0.15) is 34.8 Å². The van der Waals surface area contributed by atoms with Gasteiger partial charge in [0.15, 0.2) is 22.9 Å². The smallest absolute Gasteiger partial charge is 0.308 e. The molecule has 1 heterocycles. The fraction of sp³-hybridized carbons (Fsp3) is 0.200. The first-order valence-electron chi connectivity index (χ1n) is 9.90. The zero-order valence-corrected chi connectivity index (χ0v) is 17.8. The number of halogens is 1. The summed E-state index contributed by atoms with van der Waals surface area (Å²) in [7, 11) is 2.78. The maximum Gasteiger partial charge on any atom is 0.308 e. The highest BCUT2D eigenvalue weighted by Gasteiger charge is 2.46. The normalized spacial score (nSPS) is 17.2. The number of hydrogen-bond acceptors (Lipinski definition) is 6. The summed E-state index contributed by atoms with van der Waals surface area (Å²) >= 11 is 0. The molecule has 0 saturated carbocycles. The molecule has 0 fully saturated rings. The monoisotopic (exact) mass is 436 g/mol. The van der Waals surface area contributed by atoms with Crippen LogP contribution >= 0.6 is 0 Å². The Hall–Kier alpha value is -3.87. The molecule has 0 spiro atoms. The van der Waals surface area contributed by atoms with E-state index in [4.69, 9.17) is 18.9 Å². The van der Waals surface area contributed by atoms with Gasteiger partial charge in [-0.3, -0.25) is 9.59 Å². The van der Waals surface area contributed by atoms with Crippen LogP contribution in [0, 0.1) is 5.82 Å². The minimum atomic E-state index is -1.20. The van der Waals surface area contributed by atoms with Gasteiger partial charge < -0.3 is 18.9 Å². The fourth-order valence-corrected chi connectivity index (χ4v) is 3.98. The summed E-state index contributed by atoms with van der Waals surface area (Å²) in [5.74, 6) is -0.824. The lowest BCUT2D eigenvalue weighted by atomic mass is 9.78. The van der Waals surface area contributed by atoms with Crippen molar-refractivity contribution >= 4 is 11.8 Å². The molecule has 0 bridgehead atoms. The molecule has 164 valence electrons. The summed E-state index contributed by atoms with van der Waals surface area (Å²) < 4.78 is 36.3. The molecule has 4 rings (SSSR count). The van der Waals surface area contributed by atoms with Gasteiger partial charge in [-0.1, -0.05) is 42.5 Å². The Morgan fingerprint density at radius 3 is 2.22 bits per heavy atom. The number of esters is 1. The van der Waals surface area contributed by atoms with Crippen molar-refractivity contribution in [2.45, 2.75) is 18.9 Å². The van der Waals surface area contributed by atoms with Gasteiger partial charge in [-0.15, -0.1) is 0 Å². The highest BCUT2D eigenvalue weighted by Crippen LogP contribution is 2.52. The molecule has 1 aliphatic rings. The van der Waals surface area contributed by atoms with Crippen LogP contribution in [0.3, 0.4) is 0 Å². The van der Waals surface area contributed by atoms with Crippen LogP contribution in [0.4, 0.5) is 4.39 Å². The van der Waals surface area contributed by atoms with Crippen LogP contribution in [0.25, 0.3) is 0 Å². The number of rotatable bonds is 5. The van der Waals surface area contributed by atoms with E-state index in [1.165, 1.54) is 39.3 Å². The number of benzene rings is 3. The van der Waals surface area contributed by atoms with Crippen LogP contribution in [0.2, 0.25) is 0 Å². The van der Waals surface area contributed by atoms with Gasteiger partial charge in [0, 0.05) is 24.1 Å². The number of hydrogen-bond donors (Lipinski definition) is 0. The molecule has 3 aromatic carbocycles. The van der Waals surface area contributed by atoms with Crippen molar-refractivity contribution in [2.75, 3.05) is 14.2 Å². The third-order valence-electron chi connectivity index (χ3n) is 5.36. The van der Waals surface area contributed by atoms with Crippen LogP contribution in [0.15, 0.2) is 60.7 Å². The fourth-order valence-electron chi connectivity index (χ4n) is 3.98. The molecule has 0 saturated heterocycles. The van der Waals surface area contributed by atoms with E-state index in [-0.39, 0.29) is 40.8 Å². The number of carbonyl (C=O) groups is 2. The zero-order chi connectivity index (χ0) is 22.9. The van der Waals surface area contributed by atoms with Crippen molar-refractivity contribution in [2.24, 2.45) is 0 Å². The number of carbonyl (C=O) groups excluding carboxylic acids is 2. The standard InChI is InChI=1S/C25H21FO6/c1-15(27)31-23-21(29-2)13-20-22(24(23)30-3)19(28)14-25(32-20,16-7-5-4-6-8-16)17-9-11-18(26)12-10-17/h4-13H,14H2,1-3H3. The van der Waals surface area contributed by atoms with Gasteiger partial charge in [0.05, 0.1) is 20.6 Å². The second-order valence-corrected chi connectivity index (χ2v) is 7.31. The molecule has 3 aromatic rings. The number of fused-ring (bicyclic) bond motifs is 1. The summed E-state index contributed by atoms with van der Waals surface area (Å²) in [5, 5.41) is 0. The van der Waals surface area contributed by atoms with Crippen LogP contribution in [-0.2, 0) is 10.4 Å². The Kier molecular flexibility index (Phi) is 5.57. The van der Waals surface area contributed by atoms with Gasteiger partial charge in [-0.25, -0.2) is 4.39 Å². The van der Waals surface area contributed by atoms with Crippen LogP contribution in [-0.4, -0.2) is 26.0 Å². The van der Waals surface area contributed by atoms with Crippen molar-refractivity contribution in [3.05, 3.63) is 83.2 Å². The molecular weight excluding hydrogens is 415 g/mol. The summed E-state index contributed by atoms with van der Waals surface area (Å²) in [6, 6.07) is 16.6. The van der Waals surface area contributed by atoms with Crippen molar-refractivity contribution in [1.82, 2.24) is 0 Å². The Bertz CT molecular complexity index is 1170. The lowest BCUT2D eigenvalue weighted by Gasteiger charge is -2.39. The maximum absolute atomic E-state index is 13.7. The molecule has 0 radical (unpaired) electrons. The second kappa shape index (κ2) is 8.34. The molecule has 0 amide bonds. The summed E-state index contributed by atoms with van der Waals surface area (Å²) in [6.07, 6.45) is -0.0716. The van der Waals surface area contributed by atoms with Crippen molar-refractivity contribution in [1.29, 1.82) is 0 Å². The van der Waals surface area contributed by atoms with Gasteiger partial charge in [0.25, 0.3) is 0 Å². The van der Waals surface area contributed by atoms with Gasteiger partial charge in [0.1, 0.15) is 17.1 Å². The predicted octanol–water partition coefficient (Wildman–Crippen LogP) is 4.68. The van der Waals surface area contributed by atoms with E-state index in [1.807, 2.05) is 30.3 Å². The third-order valence-corrected chi connectivity index (χ3v) is 5.36. The third kappa shape index (κ3) is 3.56. The quantitative estimate of drug-likeness (QED) is 0.427. The average molecular weight is 436 g/mol. The van der Waals surface area contributed by atoms with E-state index >= 15 is 0 Å². The Morgan fingerprint density at radius 2 is 1.62 bits per heavy atom. The highest BCUT2D eigenvalue weighted by atomic mass is 19.1. The molecule has 32 heavy (non-hydrogen) atoms. The Balaban J connectivity index is 1.96. The SMILES string of the molecule is COc1cc2c(c(OC)c1OC(C)=O)C(=O)CC(c1ccccc1)(c1ccc(F)cc1)O2. The summed E-state index contributed by atoms with van der Waals surface area (Å²) in [5.41, 5.74) is 0.301. The molecule has 1 unspecified atom stereocenters. The van der Waals surface area contributed by atoms with E-state index in [0.717, 1.165) is 5.56 Å². The molecule has 0 aliphatic carbocycles. The number of ether oxygens (including phenoxy) is 4. The van der Waals surface area contributed by atoms with Gasteiger partial charge in [-0.2, -0.15) is 0 Å². The average Bonchev–Trinajstić information content (AvgIpc) is 2.79. The number of ketones is 1. The summed E-state index contributed by atoms with van der Waals surface area (Å²) in [4.78, 5) is 25.1. The lowest BCUT2D eigenvalue weighted by Crippen LogP contribution is -2.40. The lowest BCUT2D eigenvalue weighted by molar-refractivity contribution is -0.132. The minimum Gasteiger partial charge on any atom is -0.493 e.